The van der Waals surface area contributed by atoms with Gasteiger partial charge in [-0.25, -0.2) is 0 Å². The SMILES string of the molecule is CO[C@H]1CC2(NOCc3ccccc3)C(C#N)=CC(O[Si](C)(C)C(C)(C)C)[C@@H](O1)C2O. The van der Waals surface area contributed by atoms with Crippen molar-refractivity contribution in [2.45, 2.75) is 82.1 Å². The lowest BCUT2D eigenvalue weighted by Crippen LogP contribution is -2.70. The molecule has 1 aromatic carbocycles. The Morgan fingerprint density at radius 1 is 1.29 bits per heavy atom. The molecule has 0 saturated carbocycles. The number of benzene rings is 1. The fourth-order valence-corrected chi connectivity index (χ4v) is 5.01. The van der Waals surface area contributed by atoms with Crippen LogP contribution in [-0.4, -0.2) is 50.7 Å². The quantitative estimate of drug-likeness (QED) is 0.490. The van der Waals surface area contributed by atoms with E-state index in [2.05, 4.69) is 45.4 Å². The maximum absolute atomic E-state index is 11.3. The zero-order valence-electron chi connectivity index (χ0n) is 19.2. The van der Waals surface area contributed by atoms with Gasteiger partial charge >= 0.3 is 0 Å². The van der Waals surface area contributed by atoms with Crippen molar-refractivity contribution in [1.82, 2.24) is 5.48 Å². The molecule has 5 atom stereocenters. The summed E-state index contributed by atoms with van der Waals surface area (Å²) in [5.74, 6) is 0. The Kier molecular flexibility index (Phi) is 7.08. The monoisotopic (exact) mass is 446 g/mol. The number of nitrogens with zero attached hydrogens (tertiary/aromatic N) is 1. The molecule has 0 radical (unpaired) electrons. The van der Waals surface area contributed by atoms with Crippen molar-refractivity contribution in [3.8, 4) is 6.07 Å². The highest BCUT2D eigenvalue weighted by Crippen LogP contribution is 2.44. The predicted octanol–water partition coefficient (Wildman–Crippen LogP) is 3.42. The first kappa shape index (κ1) is 24.1. The zero-order chi connectivity index (χ0) is 22.9. The van der Waals surface area contributed by atoms with Gasteiger partial charge in [-0.3, -0.25) is 4.84 Å². The van der Waals surface area contributed by atoms with Crippen LogP contribution in [0.1, 0.15) is 32.8 Å². The van der Waals surface area contributed by atoms with Crippen LogP contribution in [0.4, 0.5) is 0 Å². The summed E-state index contributed by atoms with van der Waals surface area (Å²) < 4.78 is 18.1. The molecule has 1 aliphatic carbocycles. The molecule has 31 heavy (non-hydrogen) atoms. The van der Waals surface area contributed by atoms with Gasteiger partial charge in [-0.15, -0.1) is 0 Å². The van der Waals surface area contributed by atoms with Crippen molar-refractivity contribution >= 4 is 8.32 Å². The largest absolute Gasteiger partial charge is 0.408 e. The molecule has 2 bridgehead atoms. The topological polar surface area (TPSA) is 93.0 Å². The van der Waals surface area contributed by atoms with Gasteiger partial charge in [0.15, 0.2) is 14.6 Å². The first-order chi connectivity index (χ1) is 14.5. The smallest absolute Gasteiger partial charge is 0.193 e. The molecule has 0 aromatic heterocycles. The number of fused-ring (bicyclic) bond motifs is 2. The van der Waals surface area contributed by atoms with E-state index >= 15 is 0 Å². The highest BCUT2D eigenvalue weighted by Gasteiger charge is 2.58. The fraction of sp³-hybridized carbons (Fsp3) is 0.609. The van der Waals surface area contributed by atoms with Crippen LogP contribution in [0, 0.1) is 11.3 Å². The second-order valence-corrected chi connectivity index (χ2v) is 14.6. The molecule has 2 aliphatic rings. The summed E-state index contributed by atoms with van der Waals surface area (Å²) in [6.07, 6.45) is -0.858. The standard InChI is InChI=1S/C23H34N2O5Si/c1-22(2,3)31(5,6)30-18-12-17(14-24)23(13-19(27-4)29-20(18)21(23)26)25-28-15-16-10-8-7-9-11-16/h7-12,18-21,25-26H,13,15H2,1-6H3/t18?,19-,20-,21?,23?/m1/s1. The fourth-order valence-electron chi connectivity index (χ4n) is 3.77. The van der Waals surface area contributed by atoms with E-state index in [0.717, 1.165) is 5.56 Å². The van der Waals surface area contributed by atoms with Crippen LogP contribution in [0.2, 0.25) is 18.1 Å². The minimum Gasteiger partial charge on any atom is -0.408 e. The van der Waals surface area contributed by atoms with E-state index in [-0.39, 0.29) is 11.5 Å². The summed E-state index contributed by atoms with van der Waals surface area (Å²) in [5.41, 5.74) is 3.21. The molecule has 1 fully saturated rings. The summed E-state index contributed by atoms with van der Waals surface area (Å²) in [7, 11) is -0.632. The van der Waals surface area contributed by atoms with Crippen molar-refractivity contribution < 1.29 is 23.8 Å². The maximum Gasteiger partial charge on any atom is 0.193 e. The van der Waals surface area contributed by atoms with Crippen LogP contribution < -0.4 is 5.48 Å². The molecule has 7 nitrogen and oxygen atoms in total. The number of nitriles is 1. The number of methoxy groups -OCH3 is 1. The van der Waals surface area contributed by atoms with Gasteiger partial charge < -0.3 is 19.0 Å². The first-order valence-corrected chi connectivity index (χ1v) is 13.5. The molecule has 3 rings (SSSR count). The van der Waals surface area contributed by atoms with Crippen molar-refractivity contribution in [2.24, 2.45) is 0 Å². The summed E-state index contributed by atoms with van der Waals surface area (Å²) in [5, 5.41) is 21.3. The van der Waals surface area contributed by atoms with E-state index in [1.807, 2.05) is 30.3 Å². The average molecular weight is 447 g/mol. The van der Waals surface area contributed by atoms with E-state index in [9.17, 15) is 10.4 Å². The highest BCUT2D eigenvalue weighted by atomic mass is 28.4. The summed E-state index contributed by atoms with van der Waals surface area (Å²) >= 11 is 0. The Labute approximate surface area is 186 Å². The van der Waals surface area contributed by atoms with Gasteiger partial charge in [-0.1, -0.05) is 51.1 Å². The van der Waals surface area contributed by atoms with Gasteiger partial charge in [-0.2, -0.15) is 10.7 Å². The number of hydroxylamine groups is 1. The third-order valence-corrected chi connectivity index (χ3v) is 11.2. The van der Waals surface area contributed by atoms with Crippen LogP contribution in [0.3, 0.4) is 0 Å². The van der Waals surface area contributed by atoms with Crippen molar-refractivity contribution in [1.29, 1.82) is 5.26 Å². The Balaban J connectivity index is 1.89. The summed E-state index contributed by atoms with van der Waals surface area (Å²) in [4.78, 5) is 5.78. The summed E-state index contributed by atoms with van der Waals surface area (Å²) in [6, 6.07) is 12.0. The van der Waals surface area contributed by atoms with Crippen molar-refractivity contribution in [3.63, 3.8) is 0 Å². The molecule has 0 spiro atoms. The predicted molar refractivity (Wildman–Crippen MR) is 119 cm³/mol. The second-order valence-electron chi connectivity index (χ2n) is 9.80. The Bertz CT molecular complexity index is 833. The van der Waals surface area contributed by atoms with Crippen LogP contribution in [-0.2, 0) is 25.3 Å². The molecule has 1 aliphatic heterocycles. The lowest BCUT2D eigenvalue weighted by Gasteiger charge is -2.53. The van der Waals surface area contributed by atoms with Crippen LogP contribution in [0.15, 0.2) is 42.0 Å². The zero-order valence-corrected chi connectivity index (χ0v) is 20.2. The van der Waals surface area contributed by atoms with Gasteiger partial charge in [0.25, 0.3) is 0 Å². The van der Waals surface area contributed by atoms with Crippen LogP contribution in [0.25, 0.3) is 0 Å². The van der Waals surface area contributed by atoms with Crippen LogP contribution >= 0.6 is 0 Å². The second kappa shape index (κ2) is 9.12. The number of rotatable bonds is 7. The van der Waals surface area contributed by atoms with Gasteiger partial charge in [-0.05, 0) is 29.8 Å². The van der Waals surface area contributed by atoms with Gasteiger partial charge in [0.2, 0.25) is 0 Å². The molecule has 170 valence electrons. The number of aliphatic hydroxyl groups is 1. The Morgan fingerprint density at radius 3 is 2.55 bits per heavy atom. The van der Waals surface area contributed by atoms with E-state index in [4.69, 9.17) is 18.7 Å². The number of aliphatic hydroxyl groups excluding tert-OH is 1. The van der Waals surface area contributed by atoms with E-state index < -0.39 is 38.5 Å². The Morgan fingerprint density at radius 2 is 1.97 bits per heavy atom. The normalized spacial score (nSPS) is 31.1. The van der Waals surface area contributed by atoms with Crippen molar-refractivity contribution in [2.75, 3.05) is 7.11 Å². The van der Waals surface area contributed by atoms with Gasteiger partial charge in [0, 0.05) is 13.5 Å². The van der Waals surface area contributed by atoms with Gasteiger partial charge in [0.05, 0.1) is 24.4 Å². The molecule has 1 aromatic rings. The lowest BCUT2D eigenvalue weighted by molar-refractivity contribution is -0.266. The summed E-state index contributed by atoms with van der Waals surface area (Å²) in [6.45, 7) is 11.0. The van der Waals surface area contributed by atoms with Gasteiger partial charge in [0.1, 0.15) is 17.7 Å². The van der Waals surface area contributed by atoms with E-state index in [1.165, 1.54) is 0 Å². The van der Waals surface area contributed by atoms with Crippen molar-refractivity contribution in [3.05, 3.63) is 47.5 Å². The Hall–Kier alpha value is -1.57. The molecule has 1 heterocycles. The lowest BCUT2D eigenvalue weighted by atomic mass is 9.72. The first-order valence-electron chi connectivity index (χ1n) is 10.6. The van der Waals surface area contributed by atoms with E-state index in [0.29, 0.717) is 12.2 Å². The minimum absolute atomic E-state index is 0.0283. The third kappa shape index (κ3) is 4.78. The highest BCUT2D eigenvalue weighted by molar-refractivity contribution is 6.74. The number of ether oxygens (including phenoxy) is 2. The maximum atomic E-state index is 11.3. The number of hydrogen-bond donors (Lipinski definition) is 2. The average Bonchev–Trinajstić information content (AvgIpc) is 2.71. The third-order valence-electron chi connectivity index (χ3n) is 6.71. The number of nitrogens with one attached hydrogen (secondary N) is 1. The molecular weight excluding hydrogens is 412 g/mol. The van der Waals surface area contributed by atoms with Crippen LogP contribution in [0.5, 0.6) is 0 Å². The molecule has 3 unspecified atom stereocenters. The molecule has 0 amide bonds. The van der Waals surface area contributed by atoms with E-state index in [1.54, 1.807) is 13.2 Å². The molecule has 1 saturated heterocycles. The molecule has 2 N–H and O–H groups in total. The molecular formula is C23H34N2O5Si. The molecule has 8 heteroatoms. The number of hydrogen-bond acceptors (Lipinski definition) is 7. The minimum atomic E-state index is -2.18.